The first-order valence-corrected chi connectivity index (χ1v) is 4.88. The molecule has 0 aliphatic carbocycles. The number of hydrogen-bond donors (Lipinski definition) is 3. The third-order valence-corrected chi connectivity index (χ3v) is 1.93. The van der Waals surface area contributed by atoms with Gasteiger partial charge in [0.2, 0.25) is 11.8 Å². The van der Waals surface area contributed by atoms with Crippen LogP contribution in [0.15, 0.2) is 0 Å². The number of carbonyl (C=O) groups excluding carboxylic acids is 3. The lowest BCUT2D eigenvalue weighted by Crippen LogP contribution is -2.47. The van der Waals surface area contributed by atoms with Crippen molar-refractivity contribution in [2.45, 2.75) is 19.4 Å². The van der Waals surface area contributed by atoms with E-state index in [-0.39, 0.29) is 5.91 Å². The van der Waals surface area contributed by atoms with Gasteiger partial charge in [-0.2, -0.15) is 0 Å². The van der Waals surface area contributed by atoms with Crippen LogP contribution in [0.3, 0.4) is 0 Å². The van der Waals surface area contributed by atoms with Crippen LogP contribution < -0.4 is 16.4 Å². The molecule has 7 nitrogen and oxygen atoms in total. The SMILES string of the molecule is CC(NCCC(=O)N(C)C)C(=O)NC(N)=O. The second kappa shape index (κ2) is 6.78. The van der Waals surface area contributed by atoms with Crippen LogP contribution in [0.1, 0.15) is 13.3 Å². The van der Waals surface area contributed by atoms with E-state index in [4.69, 9.17) is 5.73 Å². The summed E-state index contributed by atoms with van der Waals surface area (Å²) in [7, 11) is 3.32. The first kappa shape index (κ1) is 14.4. The van der Waals surface area contributed by atoms with Crippen molar-refractivity contribution in [1.29, 1.82) is 0 Å². The molecular formula is C9H18N4O3. The summed E-state index contributed by atoms with van der Waals surface area (Å²) >= 11 is 0. The number of rotatable bonds is 5. The number of urea groups is 1. The Balaban J connectivity index is 3.81. The van der Waals surface area contributed by atoms with Crippen LogP contribution in [0.5, 0.6) is 0 Å². The van der Waals surface area contributed by atoms with Crippen LogP contribution in [0.4, 0.5) is 4.79 Å². The predicted octanol–water partition coefficient (Wildman–Crippen LogP) is -1.36. The Morgan fingerprint density at radius 3 is 2.31 bits per heavy atom. The van der Waals surface area contributed by atoms with Gasteiger partial charge in [0.1, 0.15) is 0 Å². The topological polar surface area (TPSA) is 105 Å². The highest BCUT2D eigenvalue weighted by Gasteiger charge is 2.14. The van der Waals surface area contributed by atoms with Gasteiger partial charge in [-0.25, -0.2) is 4.79 Å². The molecule has 0 heterocycles. The van der Waals surface area contributed by atoms with Crippen LogP contribution in [0.25, 0.3) is 0 Å². The molecule has 92 valence electrons. The second-order valence-electron chi connectivity index (χ2n) is 3.57. The maximum Gasteiger partial charge on any atom is 0.318 e. The van der Waals surface area contributed by atoms with Crippen LogP contribution >= 0.6 is 0 Å². The maximum atomic E-state index is 11.2. The van der Waals surface area contributed by atoms with E-state index in [0.717, 1.165) is 0 Å². The molecule has 0 aromatic carbocycles. The number of hydrogen-bond acceptors (Lipinski definition) is 4. The minimum absolute atomic E-state index is 0.0324. The van der Waals surface area contributed by atoms with E-state index >= 15 is 0 Å². The molecule has 0 saturated heterocycles. The van der Waals surface area contributed by atoms with Crippen molar-refractivity contribution in [3.05, 3.63) is 0 Å². The normalized spacial score (nSPS) is 11.7. The zero-order valence-electron chi connectivity index (χ0n) is 9.74. The highest BCUT2D eigenvalue weighted by molar-refractivity contribution is 5.96. The molecular weight excluding hydrogens is 212 g/mol. The summed E-state index contributed by atoms with van der Waals surface area (Å²) in [6, 6.07) is -1.45. The number of amides is 4. The molecule has 1 atom stereocenters. The standard InChI is InChI=1S/C9H18N4O3/c1-6(8(15)12-9(10)16)11-5-4-7(14)13(2)3/h6,11H,4-5H2,1-3H3,(H3,10,12,15,16). The molecule has 16 heavy (non-hydrogen) atoms. The third kappa shape index (κ3) is 5.97. The molecule has 0 fully saturated rings. The summed E-state index contributed by atoms with van der Waals surface area (Å²) in [6.45, 7) is 1.95. The van der Waals surface area contributed by atoms with Gasteiger partial charge in [0.25, 0.3) is 0 Å². The van der Waals surface area contributed by atoms with E-state index in [1.165, 1.54) is 4.90 Å². The van der Waals surface area contributed by atoms with Gasteiger partial charge in [-0.05, 0) is 6.92 Å². The molecule has 0 aromatic rings. The van der Waals surface area contributed by atoms with Gasteiger partial charge >= 0.3 is 6.03 Å². The maximum absolute atomic E-state index is 11.2. The fraction of sp³-hybridized carbons (Fsp3) is 0.667. The molecule has 0 aliphatic rings. The van der Waals surface area contributed by atoms with E-state index in [9.17, 15) is 14.4 Å². The van der Waals surface area contributed by atoms with E-state index in [1.54, 1.807) is 21.0 Å². The lowest BCUT2D eigenvalue weighted by atomic mass is 10.3. The Kier molecular flexibility index (Phi) is 6.09. The lowest BCUT2D eigenvalue weighted by Gasteiger charge is -2.14. The van der Waals surface area contributed by atoms with Crippen LogP contribution in [0, 0.1) is 0 Å². The van der Waals surface area contributed by atoms with Crippen LogP contribution in [0.2, 0.25) is 0 Å². The fourth-order valence-electron chi connectivity index (χ4n) is 0.942. The highest BCUT2D eigenvalue weighted by Crippen LogP contribution is 1.87. The minimum Gasteiger partial charge on any atom is -0.351 e. The zero-order valence-corrected chi connectivity index (χ0v) is 9.74. The Morgan fingerprint density at radius 2 is 1.88 bits per heavy atom. The summed E-state index contributed by atoms with van der Waals surface area (Å²) in [4.78, 5) is 34.2. The number of carbonyl (C=O) groups is 3. The summed E-state index contributed by atoms with van der Waals surface area (Å²) in [5, 5.41) is 4.75. The monoisotopic (exact) mass is 230 g/mol. The molecule has 0 bridgehead atoms. The average molecular weight is 230 g/mol. The van der Waals surface area contributed by atoms with Crippen molar-refractivity contribution in [3.8, 4) is 0 Å². The van der Waals surface area contributed by atoms with E-state index in [0.29, 0.717) is 13.0 Å². The molecule has 4 amide bonds. The highest BCUT2D eigenvalue weighted by atomic mass is 16.2. The largest absolute Gasteiger partial charge is 0.351 e. The van der Waals surface area contributed by atoms with Gasteiger partial charge in [-0.1, -0.05) is 0 Å². The molecule has 0 saturated carbocycles. The first-order chi connectivity index (χ1) is 7.34. The van der Waals surface area contributed by atoms with Crippen molar-refractivity contribution >= 4 is 17.8 Å². The summed E-state index contributed by atoms with van der Waals surface area (Å²) in [5.74, 6) is -0.542. The summed E-state index contributed by atoms with van der Waals surface area (Å²) < 4.78 is 0. The molecule has 0 aliphatic heterocycles. The Morgan fingerprint density at radius 1 is 1.31 bits per heavy atom. The van der Waals surface area contributed by atoms with Crippen LogP contribution in [-0.2, 0) is 9.59 Å². The zero-order chi connectivity index (χ0) is 12.7. The lowest BCUT2D eigenvalue weighted by molar-refractivity contribution is -0.129. The van der Waals surface area contributed by atoms with Gasteiger partial charge in [-0.3, -0.25) is 14.9 Å². The Hall–Kier alpha value is -1.63. The Bertz CT molecular complexity index is 278. The number of imide groups is 1. The molecule has 4 N–H and O–H groups in total. The van der Waals surface area contributed by atoms with Gasteiger partial charge in [-0.15, -0.1) is 0 Å². The van der Waals surface area contributed by atoms with E-state index < -0.39 is 18.0 Å². The van der Waals surface area contributed by atoms with Gasteiger partial charge in [0.15, 0.2) is 0 Å². The molecule has 0 aromatic heterocycles. The molecule has 0 spiro atoms. The van der Waals surface area contributed by atoms with E-state index in [2.05, 4.69) is 5.32 Å². The van der Waals surface area contributed by atoms with Gasteiger partial charge in [0.05, 0.1) is 6.04 Å². The van der Waals surface area contributed by atoms with E-state index in [1.807, 2.05) is 5.32 Å². The minimum atomic E-state index is -0.886. The molecule has 0 radical (unpaired) electrons. The quantitative estimate of drug-likeness (QED) is 0.542. The number of nitrogens with one attached hydrogen (secondary N) is 2. The average Bonchev–Trinajstić information content (AvgIpc) is 2.15. The second-order valence-corrected chi connectivity index (χ2v) is 3.57. The number of nitrogens with two attached hydrogens (primary N) is 1. The van der Waals surface area contributed by atoms with Crippen molar-refractivity contribution in [3.63, 3.8) is 0 Å². The molecule has 0 rings (SSSR count). The Labute approximate surface area is 94.3 Å². The smallest absolute Gasteiger partial charge is 0.318 e. The summed E-state index contributed by atoms with van der Waals surface area (Å²) in [6.07, 6.45) is 0.293. The number of primary amides is 1. The van der Waals surface area contributed by atoms with Crippen molar-refractivity contribution in [2.75, 3.05) is 20.6 Å². The predicted molar refractivity (Wildman–Crippen MR) is 58.5 cm³/mol. The third-order valence-electron chi connectivity index (χ3n) is 1.93. The molecule has 1 unspecified atom stereocenters. The number of nitrogens with zero attached hydrogens (tertiary/aromatic N) is 1. The van der Waals surface area contributed by atoms with Crippen LogP contribution in [-0.4, -0.2) is 49.4 Å². The fourth-order valence-corrected chi connectivity index (χ4v) is 0.942. The van der Waals surface area contributed by atoms with Crippen molar-refractivity contribution in [1.82, 2.24) is 15.5 Å². The van der Waals surface area contributed by atoms with Gasteiger partial charge < -0.3 is 16.0 Å². The first-order valence-electron chi connectivity index (χ1n) is 4.88. The van der Waals surface area contributed by atoms with Crippen molar-refractivity contribution in [2.24, 2.45) is 5.73 Å². The molecule has 7 heteroatoms. The van der Waals surface area contributed by atoms with Gasteiger partial charge in [0, 0.05) is 27.1 Å². The van der Waals surface area contributed by atoms with Crippen molar-refractivity contribution < 1.29 is 14.4 Å². The summed E-state index contributed by atoms with van der Waals surface area (Å²) in [5.41, 5.74) is 4.79.